The van der Waals surface area contributed by atoms with Gasteiger partial charge in [0.2, 0.25) is 5.92 Å². The van der Waals surface area contributed by atoms with Crippen molar-refractivity contribution in [2.45, 2.75) is 63.8 Å². The topological polar surface area (TPSA) is 26.0 Å². The Bertz CT molecular complexity index is 182. The largest absolute Gasteiger partial charge is 0.325 e. The van der Waals surface area contributed by atoms with Gasteiger partial charge in [-0.1, -0.05) is 20.3 Å². The van der Waals surface area contributed by atoms with E-state index in [4.69, 9.17) is 5.73 Å². The first-order valence-electron chi connectivity index (χ1n) is 5.56. The summed E-state index contributed by atoms with van der Waals surface area (Å²) in [5.74, 6) is -2.10. The summed E-state index contributed by atoms with van der Waals surface area (Å²) in [6.07, 6.45) is 3.01. The highest BCUT2D eigenvalue weighted by Gasteiger charge is 2.43. The fraction of sp³-hybridized carbons (Fsp3) is 1.00. The van der Waals surface area contributed by atoms with Crippen LogP contribution in [-0.4, -0.2) is 11.5 Å². The Balaban J connectivity index is 2.52. The van der Waals surface area contributed by atoms with E-state index in [9.17, 15) is 8.78 Å². The van der Waals surface area contributed by atoms with Gasteiger partial charge in [-0.2, -0.15) is 0 Å². The van der Waals surface area contributed by atoms with E-state index in [1.807, 2.05) is 0 Å². The molecule has 1 rings (SSSR count). The minimum atomic E-state index is -2.46. The van der Waals surface area contributed by atoms with E-state index < -0.39 is 5.92 Å². The van der Waals surface area contributed by atoms with Crippen molar-refractivity contribution >= 4 is 0 Å². The van der Waals surface area contributed by atoms with Gasteiger partial charge in [-0.25, -0.2) is 8.78 Å². The van der Waals surface area contributed by atoms with Gasteiger partial charge in [0.15, 0.2) is 0 Å². The molecular formula is C11H21F2N. The van der Waals surface area contributed by atoms with Crippen molar-refractivity contribution in [1.82, 2.24) is 0 Å². The minimum absolute atomic E-state index is 0.0302. The van der Waals surface area contributed by atoms with Gasteiger partial charge in [-0.3, -0.25) is 0 Å². The van der Waals surface area contributed by atoms with Crippen LogP contribution in [0.2, 0.25) is 0 Å². The van der Waals surface area contributed by atoms with Crippen molar-refractivity contribution in [2.75, 3.05) is 0 Å². The maximum absolute atomic E-state index is 12.9. The minimum Gasteiger partial charge on any atom is -0.325 e. The van der Waals surface area contributed by atoms with Crippen molar-refractivity contribution in [2.24, 2.45) is 11.7 Å². The molecule has 0 radical (unpaired) electrons. The van der Waals surface area contributed by atoms with Crippen LogP contribution in [-0.2, 0) is 0 Å². The molecule has 0 spiro atoms. The van der Waals surface area contributed by atoms with E-state index in [2.05, 4.69) is 13.8 Å². The molecule has 0 aromatic rings. The molecule has 1 aliphatic rings. The van der Waals surface area contributed by atoms with Gasteiger partial charge in [-0.05, 0) is 25.2 Å². The predicted octanol–water partition coefficient (Wildman–Crippen LogP) is 3.33. The zero-order chi connectivity index (χ0) is 10.8. The third kappa shape index (κ3) is 2.66. The summed E-state index contributed by atoms with van der Waals surface area (Å²) in [5, 5.41) is 0. The number of halogens is 2. The lowest BCUT2D eigenvalue weighted by atomic mass is 9.72. The summed E-state index contributed by atoms with van der Waals surface area (Å²) in [5.41, 5.74) is 5.84. The lowest BCUT2D eigenvalue weighted by molar-refractivity contribution is -0.0580. The van der Waals surface area contributed by atoms with E-state index in [1.54, 1.807) is 0 Å². The lowest BCUT2D eigenvalue weighted by Crippen LogP contribution is -2.50. The number of hydrogen-bond donors (Lipinski definition) is 1. The van der Waals surface area contributed by atoms with Crippen LogP contribution in [0.3, 0.4) is 0 Å². The Morgan fingerprint density at radius 3 is 2.14 bits per heavy atom. The van der Waals surface area contributed by atoms with Gasteiger partial charge in [0.1, 0.15) is 0 Å². The molecule has 84 valence electrons. The Morgan fingerprint density at radius 1 is 1.21 bits per heavy atom. The maximum atomic E-state index is 12.9. The Labute approximate surface area is 85.1 Å². The molecular weight excluding hydrogens is 184 g/mol. The molecule has 3 heteroatoms. The number of hydrogen-bond acceptors (Lipinski definition) is 1. The van der Waals surface area contributed by atoms with Gasteiger partial charge in [0.25, 0.3) is 0 Å². The summed E-state index contributed by atoms with van der Waals surface area (Å²) < 4.78 is 25.9. The molecule has 0 aliphatic heterocycles. The number of nitrogens with two attached hydrogens (primary N) is 1. The maximum Gasteiger partial charge on any atom is 0.248 e. The van der Waals surface area contributed by atoms with Gasteiger partial charge >= 0.3 is 0 Å². The van der Waals surface area contributed by atoms with E-state index in [1.165, 1.54) is 0 Å². The van der Waals surface area contributed by atoms with Crippen molar-refractivity contribution in [3.63, 3.8) is 0 Å². The van der Waals surface area contributed by atoms with E-state index in [0.717, 1.165) is 12.8 Å². The highest BCUT2D eigenvalue weighted by molar-refractivity contribution is 4.95. The Kier molecular flexibility index (Phi) is 3.51. The molecule has 14 heavy (non-hydrogen) atoms. The first-order chi connectivity index (χ1) is 6.40. The third-order valence-corrected chi connectivity index (χ3v) is 3.62. The summed E-state index contributed by atoms with van der Waals surface area (Å²) in [7, 11) is 0. The smallest absolute Gasteiger partial charge is 0.248 e. The predicted molar refractivity (Wildman–Crippen MR) is 54.4 cm³/mol. The summed E-state index contributed by atoms with van der Waals surface area (Å²) in [6, 6.07) is 0. The molecule has 1 nitrogen and oxygen atoms in total. The molecule has 0 amide bonds. The fourth-order valence-corrected chi connectivity index (χ4v) is 2.29. The monoisotopic (exact) mass is 205 g/mol. The fourth-order valence-electron chi connectivity index (χ4n) is 2.29. The van der Waals surface area contributed by atoms with Crippen LogP contribution in [0.1, 0.15) is 52.4 Å². The molecule has 2 N–H and O–H groups in total. The summed E-state index contributed by atoms with van der Waals surface area (Å²) in [4.78, 5) is 0. The van der Waals surface area contributed by atoms with E-state index in [0.29, 0.717) is 18.8 Å². The SMILES string of the molecule is CCCC(C)C1(N)CCC(F)(F)CC1. The second-order valence-electron chi connectivity index (χ2n) is 4.78. The summed E-state index contributed by atoms with van der Waals surface area (Å²) in [6.45, 7) is 4.20. The van der Waals surface area contributed by atoms with Gasteiger partial charge < -0.3 is 5.73 Å². The van der Waals surface area contributed by atoms with E-state index in [-0.39, 0.29) is 18.4 Å². The second kappa shape index (κ2) is 4.13. The highest BCUT2D eigenvalue weighted by atomic mass is 19.3. The van der Waals surface area contributed by atoms with Crippen LogP contribution in [0.15, 0.2) is 0 Å². The highest BCUT2D eigenvalue weighted by Crippen LogP contribution is 2.41. The molecule has 1 aliphatic carbocycles. The molecule has 0 aromatic carbocycles. The normalized spacial score (nSPS) is 27.2. The first kappa shape index (κ1) is 11.9. The van der Waals surface area contributed by atoms with Crippen LogP contribution in [0.25, 0.3) is 0 Å². The number of alkyl halides is 2. The molecule has 1 fully saturated rings. The molecule has 0 heterocycles. The lowest BCUT2D eigenvalue weighted by Gasteiger charge is -2.41. The average molecular weight is 205 g/mol. The quantitative estimate of drug-likeness (QED) is 0.751. The van der Waals surface area contributed by atoms with Crippen LogP contribution in [0.5, 0.6) is 0 Å². The standard InChI is InChI=1S/C11H21F2N/c1-3-4-9(2)10(14)5-7-11(12,13)8-6-10/h9H,3-8,14H2,1-2H3. The van der Waals surface area contributed by atoms with Gasteiger partial charge in [-0.15, -0.1) is 0 Å². The number of rotatable bonds is 3. The van der Waals surface area contributed by atoms with Crippen molar-refractivity contribution in [3.8, 4) is 0 Å². The molecule has 0 aromatic heterocycles. The van der Waals surface area contributed by atoms with Crippen LogP contribution in [0, 0.1) is 5.92 Å². The van der Waals surface area contributed by atoms with Crippen molar-refractivity contribution in [3.05, 3.63) is 0 Å². The van der Waals surface area contributed by atoms with Crippen LogP contribution >= 0.6 is 0 Å². The molecule has 1 unspecified atom stereocenters. The zero-order valence-electron chi connectivity index (χ0n) is 9.15. The summed E-state index contributed by atoms with van der Waals surface area (Å²) >= 11 is 0. The van der Waals surface area contributed by atoms with Crippen molar-refractivity contribution < 1.29 is 8.78 Å². The molecule has 0 bridgehead atoms. The van der Waals surface area contributed by atoms with E-state index >= 15 is 0 Å². The molecule has 1 atom stereocenters. The second-order valence-corrected chi connectivity index (χ2v) is 4.78. The molecule has 1 saturated carbocycles. The first-order valence-corrected chi connectivity index (χ1v) is 5.56. The van der Waals surface area contributed by atoms with Crippen LogP contribution in [0.4, 0.5) is 8.78 Å². The Hall–Kier alpha value is -0.180. The molecule has 0 saturated heterocycles. The van der Waals surface area contributed by atoms with Crippen LogP contribution < -0.4 is 5.73 Å². The van der Waals surface area contributed by atoms with Gasteiger partial charge in [0, 0.05) is 18.4 Å². The van der Waals surface area contributed by atoms with Crippen molar-refractivity contribution in [1.29, 1.82) is 0 Å². The Morgan fingerprint density at radius 2 is 1.71 bits per heavy atom. The average Bonchev–Trinajstić information content (AvgIpc) is 2.11. The van der Waals surface area contributed by atoms with Gasteiger partial charge in [0.05, 0.1) is 0 Å². The zero-order valence-corrected chi connectivity index (χ0v) is 9.15. The third-order valence-electron chi connectivity index (χ3n) is 3.62.